The molecule has 0 amide bonds. The van der Waals surface area contributed by atoms with Crippen molar-refractivity contribution in [2.45, 2.75) is 41.7 Å². The van der Waals surface area contributed by atoms with Gasteiger partial charge in [0, 0.05) is 0 Å². The summed E-state index contributed by atoms with van der Waals surface area (Å²) in [7, 11) is 0. The average Bonchev–Trinajstić information content (AvgIpc) is 2.33. The summed E-state index contributed by atoms with van der Waals surface area (Å²) in [5, 5.41) is 9.69. The maximum atomic E-state index is 13.4. The first-order chi connectivity index (χ1) is 10.4. The molecule has 0 N–H and O–H groups in total. The maximum absolute atomic E-state index is 13.4. The fraction of sp³-hybridized carbons (Fsp3) is 0.875. The number of carboxylic acid groups (broad SMARTS) is 1. The number of carboxylic acids is 1. The number of carbonyl (C=O) groups is 1. The van der Waals surface area contributed by atoms with Crippen LogP contribution in [0.1, 0.15) is 0 Å². The van der Waals surface area contributed by atoms with Gasteiger partial charge in [0.05, 0.1) is 0 Å². The third-order valence-electron chi connectivity index (χ3n) is 2.66. The number of alkyl halides is 15. The van der Waals surface area contributed by atoms with Crippen molar-refractivity contribution in [3.8, 4) is 0 Å². The average molecular weight is 413 g/mol. The molecule has 0 radical (unpaired) electrons. The van der Waals surface area contributed by atoms with Crippen LogP contribution in [0.25, 0.3) is 0 Å². The molecule has 0 fully saturated rings. The number of hydrogen-bond acceptors (Lipinski definition) is 2. The van der Waals surface area contributed by atoms with Gasteiger partial charge in [-0.05, 0) is 0 Å². The summed E-state index contributed by atoms with van der Waals surface area (Å²) in [5.41, 5.74) is -8.67. The molecular formula is C8F15O2-. The van der Waals surface area contributed by atoms with Crippen LogP contribution in [0.4, 0.5) is 65.9 Å². The van der Waals surface area contributed by atoms with Crippen molar-refractivity contribution in [1.29, 1.82) is 0 Å². The third kappa shape index (κ3) is 2.74. The van der Waals surface area contributed by atoms with Crippen LogP contribution in [-0.4, -0.2) is 47.7 Å². The molecule has 0 spiro atoms. The van der Waals surface area contributed by atoms with Crippen molar-refractivity contribution in [2.24, 2.45) is 0 Å². The largest absolute Gasteiger partial charge is 0.544 e. The molecule has 0 aliphatic heterocycles. The smallest absolute Gasteiger partial charge is 0.460 e. The van der Waals surface area contributed by atoms with E-state index < -0.39 is 47.7 Å². The molecule has 150 valence electrons. The number of aliphatic carboxylic acids is 1. The Morgan fingerprint density at radius 2 is 0.840 bits per heavy atom. The zero-order valence-electron chi connectivity index (χ0n) is 10.5. The Bertz CT molecular complexity index is 529. The van der Waals surface area contributed by atoms with Crippen LogP contribution < -0.4 is 5.11 Å². The van der Waals surface area contributed by atoms with Crippen LogP contribution in [0.15, 0.2) is 0 Å². The van der Waals surface area contributed by atoms with E-state index >= 15 is 0 Å². The van der Waals surface area contributed by atoms with Gasteiger partial charge in [0.15, 0.2) is 0 Å². The second-order valence-electron chi connectivity index (χ2n) is 4.24. The van der Waals surface area contributed by atoms with E-state index in [1.54, 1.807) is 0 Å². The van der Waals surface area contributed by atoms with E-state index in [0.717, 1.165) is 0 Å². The molecule has 0 aliphatic rings. The van der Waals surface area contributed by atoms with Crippen molar-refractivity contribution in [3.63, 3.8) is 0 Å². The Labute approximate surface area is 125 Å². The molecule has 0 aromatic carbocycles. The fourth-order valence-electron chi connectivity index (χ4n) is 1.29. The number of hydrogen-bond donors (Lipinski definition) is 0. The van der Waals surface area contributed by atoms with Gasteiger partial charge in [-0.1, -0.05) is 0 Å². The minimum Gasteiger partial charge on any atom is -0.544 e. The molecular weight excluding hydrogens is 413 g/mol. The maximum Gasteiger partial charge on any atom is 0.460 e. The Morgan fingerprint density at radius 3 is 1.04 bits per heavy atom. The standard InChI is InChI=1S/C8HF15O2/c9-2(10,1(24)25)4(12,13)3(11,7(18,19)20)5(14,15)6(16,17)8(21,22)23/h(H,24,25)/p-1. The number of rotatable bonds is 5. The molecule has 17 heteroatoms. The summed E-state index contributed by atoms with van der Waals surface area (Å²) in [4.78, 5) is 9.69. The van der Waals surface area contributed by atoms with E-state index in [9.17, 15) is 75.8 Å². The summed E-state index contributed by atoms with van der Waals surface area (Å²) in [5.74, 6) is -37.5. The molecule has 0 heterocycles. The second kappa shape index (κ2) is 5.46. The second-order valence-corrected chi connectivity index (χ2v) is 4.24. The first-order valence-electron chi connectivity index (χ1n) is 4.99. The predicted octanol–water partition coefficient (Wildman–Crippen LogP) is 3.11. The Kier molecular flexibility index (Phi) is 5.11. The van der Waals surface area contributed by atoms with Crippen molar-refractivity contribution >= 4 is 5.97 Å². The van der Waals surface area contributed by atoms with E-state index in [1.807, 2.05) is 0 Å². The molecule has 0 aromatic rings. The lowest BCUT2D eigenvalue weighted by atomic mass is 9.82. The molecule has 0 bridgehead atoms. The minimum absolute atomic E-state index is 4.66. The summed E-state index contributed by atoms with van der Waals surface area (Å²) < 4.78 is 187. The zero-order chi connectivity index (χ0) is 21.1. The molecule has 0 aromatic heterocycles. The van der Waals surface area contributed by atoms with Gasteiger partial charge in [-0.2, -0.15) is 61.5 Å². The predicted molar refractivity (Wildman–Crippen MR) is 40.7 cm³/mol. The molecule has 0 rings (SSSR count). The van der Waals surface area contributed by atoms with Crippen LogP contribution in [0.2, 0.25) is 0 Å². The van der Waals surface area contributed by atoms with Gasteiger partial charge >= 0.3 is 41.7 Å². The van der Waals surface area contributed by atoms with E-state index in [1.165, 1.54) is 0 Å². The van der Waals surface area contributed by atoms with Gasteiger partial charge in [-0.15, -0.1) is 0 Å². The number of halogens is 15. The van der Waals surface area contributed by atoms with Crippen LogP contribution in [-0.2, 0) is 4.79 Å². The molecule has 1 atom stereocenters. The Morgan fingerprint density at radius 1 is 0.520 bits per heavy atom. The SMILES string of the molecule is O=C([O-])C(F)(F)C(F)(F)C(F)(C(F)(F)F)C(F)(F)C(F)(F)C(F)(F)F. The molecule has 0 aliphatic carbocycles. The summed E-state index contributed by atoms with van der Waals surface area (Å²) in [6, 6.07) is 0. The van der Waals surface area contributed by atoms with Gasteiger partial charge in [0.2, 0.25) is 0 Å². The van der Waals surface area contributed by atoms with Gasteiger partial charge in [-0.3, -0.25) is 0 Å². The van der Waals surface area contributed by atoms with Gasteiger partial charge in [0.25, 0.3) is 0 Å². The highest BCUT2D eigenvalue weighted by Gasteiger charge is 2.96. The monoisotopic (exact) mass is 413 g/mol. The zero-order valence-corrected chi connectivity index (χ0v) is 10.5. The molecule has 2 nitrogen and oxygen atoms in total. The normalized spacial score (nSPS) is 18.0. The summed E-state index contributed by atoms with van der Waals surface area (Å²) in [6.07, 6.45) is -16.1. The Balaban J connectivity index is 7.02. The van der Waals surface area contributed by atoms with Crippen molar-refractivity contribution in [3.05, 3.63) is 0 Å². The molecule has 1 unspecified atom stereocenters. The highest BCUT2D eigenvalue weighted by Crippen LogP contribution is 2.64. The first kappa shape index (κ1) is 23.4. The van der Waals surface area contributed by atoms with Crippen molar-refractivity contribution < 1.29 is 75.8 Å². The van der Waals surface area contributed by atoms with Gasteiger partial charge in [0.1, 0.15) is 5.97 Å². The topological polar surface area (TPSA) is 40.1 Å². The quantitative estimate of drug-likeness (QED) is 0.651. The van der Waals surface area contributed by atoms with Crippen LogP contribution >= 0.6 is 0 Å². The van der Waals surface area contributed by atoms with Crippen LogP contribution in [0.3, 0.4) is 0 Å². The summed E-state index contributed by atoms with van der Waals surface area (Å²) >= 11 is 0. The molecule has 25 heavy (non-hydrogen) atoms. The Hall–Kier alpha value is -1.58. The van der Waals surface area contributed by atoms with Crippen LogP contribution in [0, 0.1) is 0 Å². The van der Waals surface area contributed by atoms with E-state index in [2.05, 4.69) is 0 Å². The highest BCUT2D eigenvalue weighted by molar-refractivity contribution is 5.75. The van der Waals surface area contributed by atoms with E-state index in [-0.39, 0.29) is 0 Å². The minimum atomic E-state index is -8.67. The number of carbonyl (C=O) groups excluding carboxylic acids is 1. The molecule has 0 saturated heterocycles. The van der Waals surface area contributed by atoms with Crippen LogP contribution in [0.5, 0.6) is 0 Å². The first-order valence-corrected chi connectivity index (χ1v) is 4.99. The third-order valence-corrected chi connectivity index (χ3v) is 2.66. The summed E-state index contributed by atoms with van der Waals surface area (Å²) in [6.45, 7) is 0. The molecule has 0 saturated carbocycles. The van der Waals surface area contributed by atoms with E-state index in [0.29, 0.717) is 0 Å². The van der Waals surface area contributed by atoms with Crippen molar-refractivity contribution in [2.75, 3.05) is 0 Å². The van der Waals surface area contributed by atoms with Gasteiger partial charge in [-0.25, -0.2) is 4.39 Å². The lowest BCUT2D eigenvalue weighted by Gasteiger charge is -2.44. The lowest BCUT2D eigenvalue weighted by molar-refractivity contribution is -0.459. The highest BCUT2D eigenvalue weighted by atomic mass is 19.4. The van der Waals surface area contributed by atoms with E-state index in [4.69, 9.17) is 0 Å². The fourth-order valence-corrected chi connectivity index (χ4v) is 1.29. The van der Waals surface area contributed by atoms with Gasteiger partial charge < -0.3 is 9.90 Å². The lowest BCUT2D eigenvalue weighted by Crippen LogP contribution is -2.78. The van der Waals surface area contributed by atoms with Crippen molar-refractivity contribution in [1.82, 2.24) is 0 Å².